The molecule has 10 nitrogen and oxygen atoms in total. The van der Waals surface area contributed by atoms with Crippen LogP contribution in [0.5, 0.6) is 0 Å². The van der Waals surface area contributed by atoms with Gasteiger partial charge in [0.2, 0.25) is 5.91 Å². The maximum absolute atomic E-state index is 13.5. The molecule has 280 valence electrons. The number of aldehydes is 1. The summed E-state index contributed by atoms with van der Waals surface area (Å²) in [5.74, 6) is 1.02. The van der Waals surface area contributed by atoms with Gasteiger partial charge in [0.05, 0.1) is 17.2 Å². The average molecular weight is 727 g/mol. The number of aryl methyl sites for hydroxylation is 3. The minimum absolute atomic E-state index is 0.148. The molecule has 1 saturated heterocycles. The lowest BCUT2D eigenvalue weighted by Crippen LogP contribution is -2.46. The summed E-state index contributed by atoms with van der Waals surface area (Å²) in [5.41, 5.74) is 9.88. The number of fused-ring (bicyclic) bond motifs is 1. The first-order valence-electron chi connectivity index (χ1n) is 19.3. The summed E-state index contributed by atoms with van der Waals surface area (Å²) in [6.45, 7) is 9.19. The van der Waals surface area contributed by atoms with Crippen molar-refractivity contribution in [1.29, 1.82) is 5.26 Å². The number of carbonyl (C=O) groups excluding carboxylic acids is 3. The number of aromatic nitrogens is 1. The lowest BCUT2D eigenvalue weighted by molar-refractivity contribution is -0.125. The molecule has 10 heteroatoms. The van der Waals surface area contributed by atoms with Gasteiger partial charge in [-0.2, -0.15) is 5.26 Å². The van der Waals surface area contributed by atoms with Crippen LogP contribution in [0, 0.1) is 38.0 Å². The number of likely N-dealkylation sites (N-methyl/N-ethyl adjacent to an activating group) is 1. The lowest BCUT2D eigenvalue weighted by atomic mass is 9.91. The van der Waals surface area contributed by atoms with Crippen molar-refractivity contribution in [3.05, 3.63) is 94.4 Å². The molecule has 3 heterocycles. The van der Waals surface area contributed by atoms with Crippen molar-refractivity contribution in [1.82, 2.24) is 15.4 Å². The van der Waals surface area contributed by atoms with Crippen molar-refractivity contribution in [3.8, 4) is 17.2 Å². The van der Waals surface area contributed by atoms with Gasteiger partial charge in [0, 0.05) is 67.8 Å². The molecule has 0 spiro atoms. The van der Waals surface area contributed by atoms with E-state index in [9.17, 15) is 19.6 Å². The second-order valence-electron chi connectivity index (χ2n) is 15.3. The molecule has 1 aliphatic carbocycles. The molecule has 1 aromatic heterocycles. The van der Waals surface area contributed by atoms with E-state index >= 15 is 0 Å². The maximum atomic E-state index is 13.5. The summed E-state index contributed by atoms with van der Waals surface area (Å²) in [5, 5.41) is 16.7. The molecule has 1 saturated carbocycles. The van der Waals surface area contributed by atoms with Crippen LogP contribution in [0.4, 0.5) is 17.1 Å². The van der Waals surface area contributed by atoms with Crippen LogP contribution in [-0.2, 0) is 21.5 Å². The molecule has 1 unspecified atom stereocenters. The third-order valence-electron chi connectivity index (χ3n) is 11.9. The van der Waals surface area contributed by atoms with Crippen molar-refractivity contribution < 1.29 is 18.9 Å². The van der Waals surface area contributed by atoms with Gasteiger partial charge in [0.1, 0.15) is 18.1 Å². The van der Waals surface area contributed by atoms with E-state index in [2.05, 4.69) is 81.8 Å². The Bertz CT molecular complexity index is 2050. The maximum Gasteiger partial charge on any atom is 0.255 e. The van der Waals surface area contributed by atoms with Gasteiger partial charge in [-0.1, -0.05) is 35.5 Å². The Balaban J connectivity index is 1.02. The number of amides is 2. The quantitative estimate of drug-likeness (QED) is 0.131. The van der Waals surface area contributed by atoms with E-state index < -0.39 is 6.04 Å². The Morgan fingerprint density at radius 2 is 1.85 bits per heavy atom. The highest BCUT2D eigenvalue weighted by molar-refractivity contribution is 6.02. The van der Waals surface area contributed by atoms with Crippen LogP contribution in [-0.4, -0.2) is 60.9 Å². The molecule has 1 N–H and O–H groups in total. The Labute approximate surface area is 318 Å². The molecule has 2 fully saturated rings. The molecule has 0 bridgehead atoms. The second kappa shape index (κ2) is 15.5. The fourth-order valence-corrected chi connectivity index (χ4v) is 8.49. The summed E-state index contributed by atoms with van der Waals surface area (Å²) < 4.78 is 5.52. The standard InChI is InChI=1S/C44H50N6O4/c1-29-9-10-33(41-30(2)47-54-31(41)3)25-40(29)49(36-15-12-35(13-16-36)44(28-45)19-20-44)21-5-7-32-17-22-48(23-18-32)37-14-11-34-27-50(43(53)38(34)26-37)39(8-6-24-51)42(52)46-4/h9-16,24-26,32,39H,5-8,17-23,27H2,1-4H3,(H,46,52). The largest absolute Gasteiger partial charge is 0.371 e. The van der Waals surface area contributed by atoms with Gasteiger partial charge in [-0.3, -0.25) is 9.59 Å². The zero-order chi connectivity index (χ0) is 38.0. The van der Waals surface area contributed by atoms with Gasteiger partial charge in [-0.05, 0) is 124 Å². The van der Waals surface area contributed by atoms with E-state index in [-0.39, 0.29) is 23.7 Å². The monoisotopic (exact) mass is 726 g/mol. The second-order valence-corrected chi connectivity index (χ2v) is 15.3. The van der Waals surface area contributed by atoms with Crippen molar-refractivity contribution in [3.63, 3.8) is 0 Å². The van der Waals surface area contributed by atoms with E-state index in [0.717, 1.165) is 115 Å². The number of hydrogen-bond donors (Lipinski definition) is 1. The Kier molecular flexibility index (Phi) is 10.6. The zero-order valence-electron chi connectivity index (χ0n) is 31.9. The van der Waals surface area contributed by atoms with Crippen molar-refractivity contribution in [2.24, 2.45) is 5.92 Å². The van der Waals surface area contributed by atoms with Gasteiger partial charge in [0.15, 0.2) is 0 Å². The summed E-state index contributed by atoms with van der Waals surface area (Å²) >= 11 is 0. The van der Waals surface area contributed by atoms with E-state index in [1.165, 1.54) is 5.56 Å². The number of carbonyl (C=O) groups is 3. The third-order valence-corrected chi connectivity index (χ3v) is 11.9. The molecule has 1 atom stereocenters. The highest BCUT2D eigenvalue weighted by Crippen LogP contribution is 2.48. The molecule has 2 aliphatic heterocycles. The number of rotatable bonds is 14. The van der Waals surface area contributed by atoms with Gasteiger partial charge in [-0.25, -0.2) is 0 Å². The minimum Gasteiger partial charge on any atom is -0.371 e. The molecule has 2 amide bonds. The van der Waals surface area contributed by atoms with Crippen molar-refractivity contribution in [2.75, 3.05) is 36.5 Å². The van der Waals surface area contributed by atoms with Gasteiger partial charge in [-0.15, -0.1) is 0 Å². The molecule has 0 radical (unpaired) electrons. The highest BCUT2D eigenvalue weighted by Gasteiger charge is 2.44. The molecular formula is C44H50N6O4. The smallest absolute Gasteiger partial charge is 0.255 e. The van der Waals surface area contributed by atoms with E-state index in [0.29, 0.717) is 24.4 Å². The molecule has 3 aromatic carbocycles. The number of nitrogens with zero attached hydrogens (tertiary/aromatic N) is 5. The molecule has 3 aliphatic rings. The van der Waals surface area contributed by atoms with Crippen molar-refractivity contribution >= 4 is 35.2 Å². The van der Waals surface area contributed by atoms with Crippen LogP contribution in [0.1, 0.15) is 89.9 Å². The number of hydrogen-bond acceptors (Lipinski definition) is 8. The van der Waals surface area contributed by atoms with Crippen LogP contribution in [0.15, 0.2) is 65.2 Å². The normalized spacial score (nSPS) is 16.8. The van der Waals surface area contributed by atoms with E-state index in [1.807, 2.05) is 26.0 Å². The van der Waals surface area contributed by atoms with Crippen LogP contribution in [0.25, 0.3) is 11.1 Å². The fourth-order valence-electron chi connectivity index (χ4n) is 8.49. The molecule has 7 rings (SSSR count). The number of anilines is 3. The predicted molar refractivity (Wildman–Crippen MR) is 210 cm³/mol. The van der Waals surface area contributed by atoms with Gasteiger partial charge < -0.3 is 29.3 Å². The van der Waals surface area contributed by atoms with Gasteiger partial charge in [0.25, 0.3) is 5.91 Å². The first-order valence-corrected chi connectivity index (χ1v) is 19.3. The molecule has 4 aromatic rings. The number of nitrogens with one attached hydrogen (secondary N) is 1. The Morgan fingerprint density at radius 1 is 1.09 bits per heavy atom. The fraction of sp³-hybridized carbons (Fsp3) is 0.432. The van der Waals surface area contributed by atoms with E-state index in [4.69, 9.17) is 4.52 Å². The summed E-state index contributed by atoms with van der Waals surface area (Å²) in [6.07, 6.45) is 7.48. The first kappa shape index (κ1) is 36.9. The lowest BCUT2D eigenvalue weighted by Gasteiger charge is -2.34. The summed E-state index contributed by atoms with van der Waals surface area (Å²) in [6, 6.07) is 23.2. The van der Waals surface area contributed by atoms with E-state index in [1.54, 1.807) is 11.9 Å². The van der Waals surface area contributed by atoms with Crippen LogP contribution in [0.2, 0.25) is 0 Å². The number of nitriles is 1. The van der Waals surface area contributed by atoms with Crippen LogP contribution >= 0.6 is 0 Å². The summed E-state index contributed by atoms with van der Waals surface area (Å²) in [4.78, 5) is 43.6. The zero-order valence-corrected chi connectivity index (χ0v) is 31.9. The first-order chi connectivity index (χ1) is 26.2. The van der Waals surface area contributed by atoms with Crippen molar-refractivity contribution in [2.45, 2.75) is 90.1 Å². The summed E-state index contributed by atoms with van der Waals surface area (Å²) in [7, 11) is 1.56. The Hall–Kier alpha value is -5.43. The molecular weight excluding hydrogens is 677 g/mol. The predicted octanol–water partition coefficient (Wildman–Crippen LogP) is 7.71. The highest BCUT2D eigenvalue weighted by atomic mass is 16.5. The van der Waals surface area contributed by atoms with Crippen LogP contribution < -0.4 is 15.1 Å². The molecule has 54 heavy (non-hydrogen) atoms. The topological polar surface area (TPSA) is 123 Å². The number of benzene rings is 3. The Morgan fingerprint density at radius 3 is 2.50 bits per heavy atom. The minimum atomic E-state index is -0.664. The van der Waals surface area contributed by atoms with Crippen LogP contribution in [0.3, 0.4) is 0 Å². The van der Waals surface area contributed by atoms with Gasteiger partial charge >= 0.3 is 0 Å². The SMILES string of the molecule is CNC(=O)C(CCC=O)N1Cc2ccc(N3CCC(CCCN(c4ccc(C5(C#N)CC5)cc4)c4cc(-c5c(C)noc5C)ccc4C)CC3)cc2C1=O. The third kappa shape index (κ3) is 7.24. The number of piperidine rings is 1. The average Bonchev–Trinajstić information content (AvgIpc) is 3.84.